The third-order valence-electron chi connectivity index (χ3n) is 8.81. The molecule has 2 aliphatic carbocycles. The number of carbonyl (C=O) groups is 1. The molecule has 11 heteroatoms. The van der Waals surface area contributed by atoms with Crippen molar-refractivity contribution >= 4 is 5.78 Å². The average molecular weight is 586 g/mol. The number of fused-ring (bicyclic) bond motifs is 1. The predicted octanol–water partition coefficient (Wildman–Crippen LogP) is 7.39. The molecule has 0 amide bonds. The second-order valence-corrected chi connectivity index (χ2v) is 11.2. The van der Waals surface area contributed by atoms with E-state index >= 15 is 0 Å². The van der Waals surface area contributed by atoms with Crippen molar-refractivity contribution in [2.75, 3.05) is 6.54 Å². The van der Waals surface area contributed by atoms with E-state index in [4.69, 9.17) is 4.74 Å². The SMILES string of the molecule is CC1=C(N2C[C@H]3[C@H](c4ccc(F)cc4)[C@@H](O[C@H](C)c4cc(C(F)(F)F)cc(C(F)(F)F)c4)CC[C@@H]3C2O)CCC1=O. The Morgan fingerprint density at radius 2 is 1.54 bits per heavy atom. The molecule has 3 aliphatic rings. The van der Waals surface area contributed by atoms with E-state index in [2.05, 4.69) is 0 Å². The molecule has 0 radical (unpaired) electrons. The molecule has 2 aromatic rings. The zero-order valence-electron chi connectivity index (χ0n) is 22.4. The number of aliphatic hydroxyl groups excluding tert-OH is 1. The van der Waals surface area contributed by atoms with Gasteiger partial charge in [-0.15, -0.1) is 0 Å². The summed E-state index contributed by atoms with van der Waals surface area (Å²) in [5.41, 5.74) is -1.01. The molecule has 1 unspecified atom stereocenters. The van der Waals surface area contributed by atoms with Crippen LogP contribution < -0.4 is 0 Å². The molecule has 1 N–H and O–H groups in total. The molecule has 1 saturated carbocycles. The van der Waals surface area contributed by atoms with Gasteiger partial charge < -0.3 is 14.7 Å². The van der Waals surface area contributed by atoms with Crippen molar-refractivity contribution in [3.05, 3.63) is 81.8 Å². The zero-order valence-corrected chi connectivity index (χ0v) is 22.4. The van der Waals surface area contributed by atoms with Crippen molar-refractivity contribution < 1.29 is 45.4 Å². The first-order valence-electron chi connectivity index (χ1n) is 13.5. The van der Waals surface area contributed by atoms with Crippen molar-refractivity contribution in [2.24, 2.45) is 11.8 Å². The number of benzene rings is 2. The number of hydrogen-bond acceptors (Lipinski definition) is 4. The highest BCUT2D eigenvalue weighted by atomic mass is 19.4. The topological polar surface area (TPSA) is 49.8 Å². The van der Waals surface area contributed by atoms with Crippen LogP contribution in [-0.2, 0) is 21.9 Å². The lowest BCUT2D eigenvalue weighted by atomic mass is 9.69. The summed E-state index contributed by atoms with van der Waals surface area (Å²) in [5, 5.41) is 11.3. The Morgan fingerprint density at radius 1 is 0.927 bits per heavy atom. The van der Waals surface area contributed by atoms with Gasteiger partial charge in [-0.05, 0) is 80.5 Å². The number of aliphatic hydroxyl groups is 1. The van der Waals surface area contributed by atoms with E-state index < -0.39 is 53.7 Å². The van der Waals surface area contributed by atoms with Crippen LogP contribution in [0.1, 0.15) is 73.8 Å². The number of halogens is 7. The molecule has 2 fully saturated rings. The normalized spacial score (nSPS) is 27.9. The Balaban J connectivity index is 1.48. The molecule has 0 aromatic heterocycles. The highest BCUT2D eigenvalue weighted by Gasteiger charge is 2.51. The van der Waals surface area contributed by atoms with E-state index in [1.54, 1.807) is 19.1 Å². The maximum atomic E-state index is 13.8. The number of alkyl halides is 6. The maximum absolute atomic E-state index is 13.8. The molecule has 6 atom stereocenters. The first kappa shape index (κ1) is 29.6. The van der Waals surface area contributed by atoms with E-state index in [0.29, 0.717) is 55.5 Å². The van der Waals surface area contributed by atoms with Crippen LogP contribution in [0.15, 0.2) is 53.7 Å². The van der Waals surface area contributed by atoms with Crippen LogP contribution in [0.4, 0.5) is 30.7 Å². The summed E-state index contributed by atoms with van der Waals surface area (Å²) in [7, 11) is 0. The highest BCUT2D eigenvalue weighted by molar-refractivity contribution is 5.97. The monoisotopic (exact) mass is 585 g/mol. The number of ether oxygens (including phenoxy) is 1. The van der Waals surface area contributed by atoms with Crippen LogP contribution in [-0.4, -0.2) is 34.7 Å². The van der Waals surface area contributed by atoms with Crippen molar-refractivity contribution in [2.45, 2.75) is 76.2 Å². The van der Waals surface area contributed by atoms with E-state index in [9.17, 15) is 40.6 Å². The summed E-state index contributed by atoms with van der Waals surface area (Å²) in [6.45, 7) is 3.52. The first-order valence-corrected chi connectivity index (χ1v) is 13.5. The van der Waals surface area contributed by atoms with Gasteiger partial charge in [0.2, 0.25) is 0 Å². The van der Waals surface area contributed by atoms with Gasteiger partial charge in [0.1, 0.15) is 12.0 Å². The fourth-order valence-electron chi connectivity index (χ4n) is 6.73. The van der Waals surface area contributed by atoms with Gasteiger partial charge in [0, 0.05) is 36.1 Å². The molecule has 4 nitrogen and oxygen atoms in total. The molecular weight excluding hydrogens is 555 g/mol. The van der Waals surface area contributed by atoms with Gasteiger partial charge in [-0.3, -0.25) is 4.79 Å². The maximum Gasteiger partial charge on any atom is 0.416 e. The van der Waals surface area contributed by atoms with Crippen molar-refractivity contribution in [1.29, 1.82) is 0 Å². The van der Waals surface area contributed by atoms with Gasteiger partial charge in [-0.2, -0.15) is 26.3 Å². The third-order valence-corrected chi connectivity index (χ3v) is 8.81. The summed E-state index contributed by atoms with van der Waals surface area (Å²) < 4.78 is 101. The molecule has 1 saturated heterocycles. The van der Waals surface area contributed by atoms with E-state index in [0.717, 1.165) is 5.70 Å². The molecule has 0 bridgehead atoms. The van der Waals surface area contributed by atoms with Gasteiger partial charge in [-0.1, -0.05) is 12.1 Å². The molecular formula is C30H30F7NO3. The van der Waals surface area contributed by atoms with Crippen molar-refractivity contribution in [1.82, 2.24) is 4.90 Å². The number of hydrogen-bond donors (Lipinski definition) is 1. The van der Waals surface area contributed by atoms with E-state index in [1.165, 1.54) is 19.1 Å². The quantitative estimate of drug-likeness (QED) is 0.372. The molecule has 1 heterocycles. The lowest BCUT2D eigenvalue weighted by Crippen LogP contribution is -2.39. The second kappa shape index (κ2) is 10.7. The summed E-state index contributed by atoms with van der Waals surface area (Å²) in [6, 6.07) is 7.18. The van der Waals surface area contributed by atoms with Crippen LogP contribution in [0.25, 0.3) is 0 Å². The van der Waals surface area contributed by atoms with Crippen LogP contribution in [0.5, 0.6) is 0 Å². The van der Waals surface area contributed by atoms with Crippen LogP contribution in [0.2, 0.25) is 0 Å². The van der Waals surface area contributed by atoms with Crippen molar-refractivity contribution in [3.8, 4) is 0 Å². The fraction of sp³-hybridized carbons (Fsp3) is 0.500. The third kappa shape index (κ3) is 5.75. The minimum absolute atomic E-state index is 0.0199. The van der Waals surface area contributed by atoms with Gasteiger partial charge in [-0.25, -0.2) is 4.39 Å². The van der Waals surface area contributed by atoms with Crippen LogP contribution in [0, 0.1) is 17.7 Å². The molecule has 2 aromatic carbocycles. The number of allylic oxidation sites excluding steroid dienone is 2. The Kier molecular flexibility index (Phi) is 7.74. The largest absolute Gasteiger partial charge is 0.416 e. The van der Waals surface area contributed by atoms with Gasteiger partial charge >= 0.3 is 12.4 Å². The Morgan fingerprint density at radius 3 is 2.07 bits per heavy atom. The second-order valence-electron chi connectivity index (χ2n) is 11.2. The van der Waals surface area contributed by atoms with Crippen molar-refractivity contribution in [3.63, 3.8) is 0 Å². The van der Waals surface area contributed by atoms with Gasteiger partial charge in [0.05, 0.1) is 23.3 Å². The number of ketones is 1. The smallest absolute Gasteiger partial charge is 0.373 e. The Hall–Kier alpha value is -2.92. The van der Waals surface area contributed by atoms with Crippen LogP contribution >= 0.6 is 0 Å². The summed E-state index contributed by atoms with van der Waals surface area (Å²) in [4.78, 5) is 14.0. The van der Waals surface area contributed by atoms with E-state index in [-0.39, 0.29) is 29.2 Å². The zero-order chi connectivity index (χ0) is 29.9. The Bertz CT molecular complexity index is 1300. The van der Waals surface area contributed by atoms with Gasteiger partial charge in [0.25, 0.3) is 0 Å². The summed E-state index contributed by atoms with van der Waals surface area (Å²) >= 11 is 0. The molecule has 5 rings (SSSR count). The van der Waals surface area contributed by atoms with Crippen LogP contribution in [0.3, 0.4) is 0 Å². The first-order chi connectivity index (χ1) is 19.1. The minimum Gasteiger partial charge on any atom is -0.373 e. The lowest BCUT2D eigenvalue weighted by molar-refractivity contribution is -0.143. The average Bonchev–Trinajstić information content (AvgIpc) is 3.41. The lowest BCUT2D eigenvalue weighted by Gasteiger charge is -2.41. The summed E-state index contributed by atoms with van der Waals surface area (Å²) in [5.74, 6) is -1.31. The molecule has 222 valence electrons. The van der Waals surface area contributed by atoms with E-state index in [1.807, 2.05) is 4.90 Å². The molecule has 41 heavy (non-hydrogen) atoms. The highest BCUT2D eigenvalue weighted by Crippen LogP contribution is 2.51. The minimum atomic E-state index is -4.98. The fourth-order valence-corrected chi connectivity index (χ4v) is 6.73. The van der Waals surface area contributed by atoms with Gasteiger partial charge in [0.15, 0.2) is 5.78 Å². The number of rotatable bonds is 5. The summed E-state index contributed by atoms with van der Waals surface area (Å²) in [6.07, 6.45) is -10.8. The predicted molar refractivity (Wildman–Crippen MR) is 135 cm³/mol. The number of carbonyl (C=O) groups excluding carboxylic acids is 1. The number of likely N-dealkylation sites (tertiary alicyclic amines) is 1. The number of nitrogens with zero attached hydrogens (tertiary/aromatic N) is 1. The molecule has 0 spiro atoms. The standard InChI is InChI=1S/C30H30F7NO3/c1-15-24(8-9-25(15)39)38-14-23-22(28(38)40)7-10-26(27(23)17-3-5-21(31)6-4-17)41-16(2)18-11-19(29(32,33)34)13-20(12-18)30(35,36)37/h3-6,11-13,16,22-23,26-28,40H,7-10,14H2,1-2H3/t16-,22+,23-,26+,27+,28?/m1/s1. The molecule has 1 aliphatic heterocycles. The Labute approximate surface area is 232 Å². The number of Topliss-reactive ketones (excluding diaryl/α,β-unsaturated/α-hetero) is 1.